The van der Waals surface area contributed by atoms with Gasteiger partial charge in [0.05, 0.1) is 20.7 Å². The summed E-state index contributed by atoms with van der Waals surface area (Å²) in [5.74, 6) is 0. The molecule has 0 aliphatic carbocycles. The fraction of sp³-hybridized carbons (Fsp3) is 0.364. The average molecular weight is 265 g/mol. The fourth-order valence-corrected chi connectivity index (χ4v) is 2.97. The molecule has 6 nitrogen and oxygen atoms in total. The average Bonchev–Trinajstić information content (AvgIpc) is 2.71. The molecular weight excluding hydrogens is 254 g/mol. The zero-order valence-corrected chi connectivity index (χ0v) is 10.5. The third-order valence-electron chi connectivity index (χ3n) is 3.04. The summed E-state index contributed by atoms with van der Waals surface area (Å²) in [6.45, 7) is 2.53. The molecule has 0 amide bonds. The number of rotatable bonds is 2. The van der Waals surface area contributed by atoms with E-state index in [4.69, 9.17) is 0 Å². The van der Waals surface area contributed by atoms with Crippen LogP contribution in [0.3, 0.4) is 0 Å². The van der Waals surface area contributed by atoms with Gasteiger partial charge in [-0.15, -0.1) is 11.3 Å². The summed E-state index contributed by atoms with van der Waals surface area (Å²) in [5, 5.41) is 20.9. The highest BCUT2D eigenvalue weighted by molar-refractivity contribution is 7.16. The number of fused-ring (bicyclic) bond motifs is 1. The van der Waals surface area contributed by atoms with Gasteiger partial charge >= 0.3 is 5.69 Å². The lowest BCUT2D eigenvalue weighted by Crippen LogP contribution is -2.60. The molecule has 0 unspecified atom stereocenters. The van der Waals surface area contributed by atoms with Crippen molar-refractivity contribution in [3.05, 3.63) is 27.8 Å². The molecule has 7 heteroatoms. The Hall–Kier alpha value is -1.73. The van der Waals surface area contributed by atoms with Crippen molar-refractivity contribution >= 4 is 32.9 Å². The standard InChI is InChI=1S/C11H11N3O3S/c1-11(15)4-13(5-11)7-2-3-8-9(12-6-18-8)10(7)14(16)17/h2-3,6,15H,4-5H2,1H3. The van der Waals surface area contributed by atoms with Crippen molar-refractivity contribution < 1.29 is 10.0 Å². The number of hydrogen-bond donors (Lipinski definition) is 1. The van der Waals surface area contributed by atoms with E-state index in [1.807, 2.05) is 6.07 Å². The highest BCUT2D eigenvalue weighted by atomic mass is 32.1. The molecule has 1 aliphatic heterocycles. The van der Waals surface area contributed by atoms with Gasteiger partial charge in [-0.2, -0.15) is 0 Å². The molecule has 18 heavy (non-hydrogen) atoms. The highest BCUT2D eigenvalue weighted by Crippen LogP contribution is 2.39. The number of nitro benzene ring substituents is 1. The van der Waals surface area contributed by atoms with E-state index < -0.39 is 10.5 Å². The van der Waals surface area contributed by atoms with Crippen molar-refractivity contribution in [1.29, 1.82) is 0 Å². The predicted octanol–water partition coefficient (Wildman–Crippen LogP) is 1.78. The van der Waals surface area contributed by atoms with Gasteiger partial charge in [-0.1, -0.05) is 0 Å². The molecule has 2 heterocycles. The molecular formula is C11H11N3O3S. The Kier molecular flexibility index (Phi) is 2.29. The first-order valence-electron chi connectivity index (χ1n) is 5.46. The normalized spacial score (nSPS) is 17.8. The van der Waals surface area contributed by atoms with Crippen LogP contribution in [0.5, 0.6) is 0 Å². The van der Waals surface area contributed by atoms with Gasteiger partial charge in [0, 0.05) is 13.1 Å². The molecule has 0 saturated carbocycles. The molecule has 1 fully saturated rings. The second kappa shape index (κ2) is 3.63. The molecule has 0 radical (unpaired) electrons. The molecule has 1 aromatic heterocycles. The third-order valence-corrected chi connectivity index (χ3v) is 3.83. The number of β-amino-alcohol motifs (C(OH)–C–C–N with tert-alkyl or cyclic N) is 1. The van der Waals surface area contributed by atoms with Gasteiger partial charge in [-0.05, 0) is 19.1 Å². The van der Waals surface area contributed by atoms with E-state index in [9.17, 15) is 15.2 Å². The summed E-state index contributed by atoms with van der Waals surface area (Å²) >= 11 is 1.38. The van der Waals surface area contributed by atoms with Crippen LogP contribution in [0.2, 0.25) is 0 Å². The second-order valence-electron chi connectivity index (χ2n) is 4.74. The molecule has 1 aromatic carbocycles. The number of anilines is 1. The van der Waals surface area contributed by atoms with Crippen molar-refractivity contribution in [2.24, 2.45) is 0 Å². The largest absolute Gasteiger partial charge is 0.386 e. The van der Waals surface area contributed by atoms with Gasteiger partial charge in [0.15, 0.2) is 5.52 Å². The van der Waals surface area contributed by atoms with Gasteiger partial charge in [0.1, 0.15) is 5.69 Å². The Morgan fingerprint density at radius 2 is 2.28 bits per heavy atom. The van der Waals surface area contributed by atoms with Crippen LogP contribution in [0.15, 0.2) is 17.6 Å². The lowest BCUT2D eigenvalue weighted by atomic mass is 9.96. The molecule has 0 spiro atoms. The summed E-state index contributed by atoms with van der Waals surface area (Å²) < 4.78 is 0.803. The van der Waals surface area contributed by atoms with E-state index in [1.165, 1.54) is 11.3 Å². The molecule has 0 bridgehead atoms. The van der Waals surface area contributed by atoms with Crippen LogP contribution in [0.4, 0.5) is 11.4 Å². The summed E-state index contributed by atoms with van der Waals surface area (Å²) in [7, 11) is 0. The van der Waals surface area contributed by atoms with Crippen molar-refractivity contribution in [3.8, 4) is 0 Å². The first kappa shape index (κ1) is 11.4. The Morgan fingerprint density at radius 3 is 2.89 bits per heavy atom. The molecule has 2 aromatic rings. The van der Waals surface area contributed by atoms with Crippen molar-refractivity contribution in [2.75, 3.05) is 18.0 Å². The van der Waals surface area contributed by atoms with Crippen LogP contribution >= 0.6 is 11.3 Å². The Morgan fingerprint density at radius 1 is 1.56 bits per heavy atom. The van der Waals surface area contributed by atoms with Crippen LogP contribution in [-0.4, -0.2) is 33.7 Å². The maximum absolute atomic E-state index is 11.2. The minimum Gasteiger partial charge on any atom is -0.386 e. The van der Waals surface area contributed by atoms with E-state index in [1.54, 1.807) is 23.4 Å². The molecule has 94 valence electrons. The number of nitro groups is 1. The number of thiazole rings is 1. The molecule has 0 atom stereocenters. The second-order valence-corrected chi connectivity index (χ2v) is 5.63. The van der Waals surface area contributed by atoms with Crippen molar-refractivity contribution in [3.63, 3.8) is 0 Å². The van der Waals surface area contributed by atoms with Crippen LogP contribution < -0.4 is 4.90 Å². The van der Waals surface area contributed by atoms with Crippen LogP contribution in [0.25, 0.3) is 10.2 Å². The Labute approximate surface area is 107 Å². The number of aliphatic hydroxyl groups is 1. The number of benzene rings is 1. The Bertz CT molecular complexity index is 629. The lowest BCUT2D eigenvalue weighted by Gasteiger charge is -2.45. The third kappa shape index (κ3) is 1.63. The minimum atomic E-state index is -0.759. The van der Waals surface area contributed by atoms with Crippen molar-refractivity contribution in [1.82, 2.24) is 4.98 Å². The summed E-state index contributed by atoms with van der Waals surface area (Å²) in [6.07, 6.45) is 0. The van der Waals surface area contributed by atoms with Crippen LogP contribution in [-0.2, 0) is 0 Å². The van der Waals surface area contributed by atoms with Crippen molar-refractivity contribution in [2.45, 2.75) is 12.5 Å². The maximum atomic E-state index is 11.2. The zero-order valence-electron chi connectivity index (χ0n) is 9.66. The summed E-state index contributed by atoms with van der Waals surface area (Å²) in [6, 6.07) is 3.57. The van der Waals surface area contributed by atoms with E-state index >= 15 is 0 Å². The predicted molar refractivity (Wildman–Crippen MR) is 69.1 cm³/mol. The lowest BCUT2D eigenvalue weighted by molar-refractivity contribution is -0.382. The van der Waals surface area contributed by atoms with Gasteiger partial charge in [0.25, 0.3) is 0 Å². The number of nitrogens with zero attached hydrogens (tertiary/aromatic N) is 3. The summed E-state index contributed by atoms with van der Waals surface area (Å²) in [4.78, 5) is 16.7. The smallest absolute Gasteiger partial charge is 0.319 e. The van der Waals surface area contributed by atoms with E-state index in [-0.39, 0.29) is 5.69 Å². The molecule has 1 aliphatic rings. The Balaban J connectivity index is 2.11. The quantitative estimate of drug-likeness (QED) is 0.661. The molecule has 1 N–H and O–H groups in total. The molecule has 3 rings (SSSR count). The van der Waals surface area contributed by atoms with Gasteiger partial charge in [-0.3, -0.25) is 10.1 Å². The minimum absolute atomic E-state index is 0.0317. The van der Waals surface area contributed by atoms with E-state index in [0.29, 0.717) is 24.3 Å². The van der Waals surface area contributed by atoms with Gasteiger partial charge in [-0.25, -0.2) is 4.98 Å². The van der Waals surface area contributed by atoms with Crippen LogP contribution in [0.1, 0.15) is 6.92 Å². The van der Waals surface area contributed by atoms with E-state index in [2.05, 4.69) is 4.98 Å². The first-order chi connectivity index (χ1) is 8.48. The SMILES string of the molecule is CC1(O)CN(c2ccc3scnc3c2[N+](=O)[O-])C1. The van der Waals surface area contributed by atoms with E-state index in [0.717, 1.165) is 4.70 Å². The molecule has 1 saturated heterocycles. The topological polar surface area (TPSA) is 79.5 Å². The summed E-state index contributed by atoms with van der Waals surface area (Å²) in [5.41, 5.74) is 1.83. The maximum Gasteiger partial charge on any atom is 0.319 e. The number of aromatic nitrogens is 1. The van der Waals surface area contributed by atoms with Gasteiger partial charge in [0.2, 0.25) is 0 Å². The van der Waals surface area contributed by atoms with Gasteiger partial charge < -0.3 is 10.0 Å². The van der Waals surface area contributed by atoms with Crippen LogP contribution in [0, 0.1) is 10.1 Å². The highest BCUT2D eigenvalue weighted by Gasteiger charge is 2.40. The monoisotopic (exact) mass is 265 g/mol. The zero-order chi connectivity index (χ0) is 12.9. The fourth-order valence-electron chi connectivity index (χ4n) is 2.29. The number of hydrogen-bond acceptors (Lipinski definition) is 6. The first-order valence-corrected chi connectivity index (χ1v) is 6.34.